The Morgan fingerprint density at radius 2 is 1.96 bits per heavy atom. The number of hydrogen-bond acceptors (Lipinski definition) is 4. The Bertz CT molecular complexity index is 1090. The highest BCUT2D eigenvalue weighted by Gasteiger charge is 2.12. The van der Waals surface area contributed by atoms with Gasteiger partial charge in [-0.05, 0) is 24.1 Å². The smallest absolute Gasteiger partial charge is 0.220 e. The fraction of sp³-hybridized carbons (Fsp3) is 0.190. The van der Waals surface area contributed by atoms with Crippen LogP contribution in [0.4, 0.5) is 4.39 Å². The first kappa shape index (κ1) is 18.3. The Morgan fingerprint density at radius 3 is 2.79 bits per heavy atom. The van der Waals surface area contributed by atoms with Gasteiger partial charge in [0, 0.05) is 30.3 Å². The Hall–Kier alpha value is -3.06. The third kappa shape index (κ3) is 4.26. The average Bonchev–Trinajstić information content (AvgIpc) is 3.29. The maximum Gasteiger partial charge on any atom is 0.220 e. The van der Waals surface area contributed by atoms with Crippen molar-refractivity contribution >= 4 is 22.2 Å². The Balaban J connectivity index is 1.34. The van der Waals surface area contributed by atoms with Crippen molar-refractivity contribution in [1.29, 1.82) is 0 Å². The fourth-order valence-electron chi connectivity index (χ4n) is 2.97. The molecule has 0 aliphatic carbocycles. The molecule has 2 aromatic heterocycles. The number of aryl methyl sites for hydroxylation is 1. The summed E-state index contributed by atoms with van der Waals surface area (Å²) in [5.41, 5.74) is 2.78. The van der Waals surface area contributed by atoms with E-state index in [0.29, 0.717) is 30.8 Å². The number of hydrogen-bond donors (Lipinski definition) is 1. The zero-order valence-corrected chi connectivity index (χ0v) is 16.0. The lowest BCUT2D eigenvalue weighted by atomic mass is 10.1. The summed E-state index contributed by atoms with van der Waals surface area (Å²) >= 11 is 1.48. The molecule has 28 heavy (non-hydrogen) atoms. The van der Waals surface area contributed by atoms with E-state index in [1.807, 2.05) is 35.7 Å². The molecule has 0 atom stereocenters. The summed E-state index contributed by atoms with van der Waals surface area (Å²) in [5.74, 6) is 0.225. The van der Waals surface area contributed by atoms with Gasteiger partial charge >= 0.3 is 0 Å². The summed E-state index contributed by atoms with van der Waals surface area (Å²) in [6.07, 6.45) is 1.86. The highest BCUT2D eigenvalue weighted by molar-refractivity contribution is 7.15. The predicted molar refractivity (Wildman–Crippen MR) is 108 cm³/mol. The van der Waals surface area contributed by atoms with Gasteiger partial charge in [0.1, 0.15) is 5.82 Å². The first-order valence-electron chi connectivity index (χ1n) is 9.09. The van der Waals surface area contributed by atoms with Gasteiger partial charge in [0.15, 0.2) is 5.82 Å². The minimum absolute atomic E-state index is 0.0365. The van der Waals surface area contributed by atoms with Crippen LogP contribution < -0.4 is 5.32 Å². The van der Waals surface area contributed by atoms with Crippen LogP contribution in [-0.4, -0.2) is 27.0 Å². The van der Waals surface area contributed by atoms with E-state index >= 15 is 0 Å². The van der Waals surface area contributed by atoms with Crippen LogP contribution in [0, 0.1) is 5.82 Å². The molecule has 0 aliphatic heterocycles. The molecule has 1 amide bonds. The second kappa shape index (κ2) is 8.31. The van der Waals surface area contributed by atoms with Gasteiger partial charge < -0.3 is 5.32 Å². The molecule has 2 heterocycles. The molecule has 4 rings (SSSR count). The van der Waals surface area contributed by atoms with Gasteiger partial charge in [-0.3, -0.25) is 4.79 Å². The van der Waals surface area contributed by atoms with E-state index in [9.17, 15) is 9.18 Å². The number of rotatable bonds is 7. The quantitative estimate of drug-likeness (QED) is 0.517. The fourth-order valence-corrected chi connectivity index (χ4v) is 3.82. The lowest BCUT2D eigenvalue weighted by Crippen LogP contribution is -2.26. The summed E-state index contributed by atoms with van der Waals surface area (Å²) in [6.45, 7) is 0.536. The van der Waals surface area contributed by atoms with Gasteiger partial charge in [-0.1, -0.05) is 42.5 Å². The van der Waals surface area contributed by atoms with Crippen LogP contribution in [0.15, 0.2) is 60.0 Å². The van der Waals surface area contributed by atoms with Gasteiger partial charge in [0.2, 0.25) is 10.9 Å². The van der Waals surface area contributed by atoms with Crippen LogP contribution in [-0.2, 0) is 17.6 Å². The maximum atomic E-state index is 13.4. The Kier molecular flexibility index (Phi) is 5.43. The van der Waals surface area contributed by atoms with Crippen LogP contribution in [0.5, 0.6) is 0 Å². The molecule has 0 saturated heterocycles. The average molecular weight is 394 g/mol. The van der Waals surface area contributed by atoms with Gasteiger partial charge in [-0.15, -0.1) is 16.4 Å². The standard InChI is InChI=1S/C21H19FN4OS/c22-17-8-4-7-16(13-17)20-24-21-26(25-20)18(14-28-21)11-12-23-19(27)10-9-15-5-2-1-3-6-15/h1-8,13-14H,9-12H2,(H,23,27). The lowest BCUT2D eigenvalue weighted by molar-refractivity contribution is -0.121. The van der Waals surface area contributed by atoms with E-state index in [0.717, 1.165) is 22.6 Å². The predicted octanol–water partition coefficient (Wildman–Crippen LogP) is 3.89. The van der Waals surface area contributed by atoms with Crippen molar-refractivity contribution in [2.24, 2.45) is 0 Å². The van der Waals surface area contributed by atoms with Crippen LogP contribution in [0.2, 0.25) is 0 Å². The molecule has 0 fully saturated rings. The molecule has 1 N–H and O–H groups in total. The highest BCUT2D eigenvalue weighted by atomic mass is 32.1. The van der Waals surface area contributed by atoms with Crippen molar-refractivity contribution in [3.63, 3.8) is 0 Å². The van der Waals surface area contributed by atoms with E-state index in [4.69, 9.17) is 0 Å². The number of thiazole rings is 1. The number of carbonyl (C=O) groups excluding carboxylic acids is 1. The first-order chi connectivity index (χ1) is 13.7. The van der Waals surface area contributed by atoms with Crippen molar-refractivity contribution in [1.82, 2.24) is 19.9 Å². The number of nitrogens with one attached hydrogen (secondary N) is 1. The minimum atomic E-state index is -0.311. The number of carbonyl (C=O) groups is 1. The largest absolute Gasteiger partial charge is 0.356 e. The van der Waals surface area contributed by atoms with E-state index < -0.39 is 0 Å². The number of amides is 1. The zero-order valence-electron chi connectivity index (χ0n) is 15.1. The van der Waals surface area contributed by atoms with Crippen LogP contribution in [0.1, 0.15) is 17.7 Å². The number of nitrogens with zero attached hydrogens (tertiary/aromatic N) is 3. The van der Waals surface area contributed by atoms with Crippen molar-refractivity contribution < 1.29 is 9.18 Å². The summed E-state index contributed by atoms with van der Waals surface area (Å²) < 4.78 is 15.2. The van der Waals surface area contributed by atoms with Gasteiger partial charge in [0.05, 0.1) is 5.69 Å². The normalized spacial score (nSPS) is 11.0. The molecule has 0 aliphatic rings. The molecule has 2 aromatic carbocycles. The van der Waals surface area contributed by atoms with Crippen molar-refractivity contribution in [2.75, 3.05) is 6.54 Å². The van der Waals surface area contributed by atoms with Crippen LogP contribution in [0.25, 0.3) is 16.3 Å². The number of halogens is 1. The third-order valence-corrected chi connectivity index (χ3v) is 5.28. The number of fused-ring (bicyclic) bond motifs is 1. The van der Waals surface area contributed by atoms with E-state index in [-0.39, 0.29) is 11.7 Å². The monoisotopic (exact) mass is 394 g/mol. The molecular weight excluding hydrogens is 375 g/mol. The van der Waals surface area contributed by atoms with E-state index in [1.165, 1.54) is 23.5 Å². The molecule has 0 unspecified atom stereocenters. The molecular formula is C21H19FN4OS. The minimum Gasteiger partial charge on any atom is -0.356 e. The van der Waals surface area contributed by atoms with Crippen molar-refractivity contribution in [3.8, 4) is 11.4 Å². The zero-order chi connectivity index (χ0) is 19.3. The Labute approximate surface area is 165 Å². The number of benzene rings is 2. The number of aromatic nitrogens is 3. The molecule has 5 nitrogen and oxygen atoms in total. The molecule has 0 radical (unpaired) electrons. The first-order valence-corrected chi connectivity index (χ1v) is 9.97. The van der Waals surface area contributed by atoms with Crippen molar-refractivity contribution in [3.05, 3.63) is 77.1 Å². The van der Waals surface area contributed by atoms with Crippen LogP contribution in [0.3, 0.4) is 0 Å². The molecule has 7 heteroatoms. The lowest BCUT2D eigenvalue weighted by Gasteiger charge is -2.05. The van der Waals surface area contributed by atoms with E-state index in [2.05, 4.69) is 15.4 Å². The maximum absolute atomic E-state index is 13.4. The Morgan fingerprint density at radius 1 is 1.11 bits per heavy atom. The topological polar surface area (TPSA) is 59.3 Å². The highest BCUT2D eigenvalue weighted by Crippen LogP contribution is 2.21. The molecule has 142 valence electrons. The van der Waals surface area contributed by atoms with Gasteiger partial charge in [-0.25, -0.2) is 8.91 Å². The second-order valence-electron chi connectivity index (χ2n) is 6.45. The summed E-state index contributed by atoms with van der Waals surface area (Å²) in [5, 5.41) is 9.44. The SMILES string of the molecule is O=C(CCc1ccccc1)NCCc1csc2nc(-c3cccc(F)c3)nn12. The molecule has 0 saturated carbocycles. The summed E-state index contributed by atoms with van der Waals surface area (Å²) in [4.78, 5) is 17.3. The molecule has 4 aromatic rings. The van der Waals surface area contributed by atoms with Crippen molar-refractivity contribution in [2.45, 2.75) is 19.3 Å². The second-order valence-corrected chi connectivity index (χ2v) is 7.29. The third-order valence-electron chi connectivity index (χ3n) is 4.42. The van der Waals surface area contributed by atoms with Gasteiger partial charge in [-0.2, -0.15) is 4.98 Å². The molecule has 0 bridgehead atoms. The summed E-state index contributed by atoms with van der Waals surface area (Å²) in [7, 11) is 0. The summed E-state index contributed by atoms with van der Waals surface area (Å²) in [6, 6.07) is 16.2. The molecule has 0 spiro atoms. The van der Waals surface area contributed by atoms with Gasteiger partial charge in [0.25, 0.3) is 0 Å². The van der Waals surface area contributed by atoms with Crippen LogP contribution >= 0.6 is 11.3 Å². The van der Waals surface area contributed by atoms with E-state index in [1.54, 1.807) is 16.6 Å².